The lowest BCUT2D eigenvalue weighted by Gasteiger charge is -2.02. The predicted molar refractivity (Wildman–Crippen MR) is 79.1 cm³/mol. The molecule has 0 radical (unpaired) electrons. The lowest BCUT2D eigenvalue weighted by atomic mass is 10.3. The molecule has 0 fully saturated rings. The maximum absolute atomic E-state index is 11.2. The van der Waals surface area contributed by atoms with Crippen molar-refractivity contribution in [2.75, 3.05) is 0 Å². The van der Waals surface area contributed by atoms with Gasteiger partial charge < -0.3 is 4.74 Å². The molecule has 0 atom stereocenters. The van der Waals surface area contributed by atoms with Crippen LogP contribution < -0.4 is 9.88 Å². The predicted octanol–water partition coefficient (Wildman–Crippen LogP) is 0.284. The lowest BCUT2D eigenvalue weighted by molar-refractivity contribution is 0.288. The summed E-state index contributed by atoms with van der Waals surface area (Å²) in [6.45, 7) is 0.201. The minimum atomic E-state index is -3.71. The van der Waals surface area contributed by atoms with E-state index >= 15 is 0 Å². The van der Waals surface area contributed by atoms with Crippen molar-refractivity contribution in [3.05, 3.63) is 54.7 Å². The largest absolute Gasteiger partial charge is 0.471 e. The summed E-state index contributed by atoms with van der Waals surface area (Å²) in [4.78, 5) is 7.76. The van der Waals surface area contributed by atoms with Crippen molar-refractivity contribution in [3.8, 4) is 11.6 Å². The van der Waals surface area contributed by atoms with Gasteiger partial charge in [-0.15, -0.1) is 5.10 Å². The van der Waals surface area contributed by atoms with E-state index in [-0.39, 0.29) is 11.5 Å². The van der Waals surface area contributed by atoms with Crippen molar-refractivity contribution >= 4 is 10.0 Å². The average molecular weight is 332 g/mol. The number of hydrogen-bond acceptors (Lipinski definition) is 7. The van der Waals surface area contributed by atoms with Crippen molar-refractivity contribution in [3.63, 3.8) is 0 Å². The highest BCUT2D eigenvalue weighted by molar-refractivity contribution is 7.89. The Balaban J connectivity index is 1.71. The minimum absolute atomic E-state index is 0.0358. The Kier molecular flexibility index (Phi) is 4.00. The van der Waals surface area contributed by atoms with Crippen LogP contribution in [0.4, 0.5) is 0 Å². The van der Waals surface area contributed by atoms with E-state index in [1.54, 1.807) is 30.6 Å². The number of benzene rings is 1. The zero-order valence-corrected chi connectivity index (χ0v) is 12.6. The average Bonchev–Trinajstić information content (AvgIpc) is 3.02. The number of sulfonamides is 1. The molecule has 23 heavy (non-hydrogen) atoms. The second-order valence-electron chi connectivity index (χ2n) is 4.53. The maximum Gasteiger partial charge on any atom is 0.238 e. The van der Waals surface area contributed by atoms with Crippen molar-refractivity contribution in [2.45, 2.75) is 11.5 Å². The molecule has 9 nitrogen and oxygen atoms in total. The van der Waals surface area contributed by atoms with E-state index in [0.717, 1.165) is 0 Å². The van der Waals surface area contributed by atoms with Gasteiger partial charge in [0.2, 0.25) is 15.9 Å². The Morgan fingerprint density at radius 2 is 1.96 bits per heavy atom. The number of nitrogens with two attached hydrogens (primary N) is 1. The summed E-state index contributed by atoms with van der Waals surface area (Å²) in [6, 6.07) is 7.62. The third-order valence-corrected chi connectivity index (χ3v) is 3.82. The van der Waals surface area contributed by atoms with Crippen molar-refractivity contribution in [2.24, 2.45) is 5.14 Å². The standard InChI is InChI=1S/C13H12N6O3S/c14-23(20,21)12-3-1-11(2-4-12)19-7-10(17-18-19)8-22-13-5-6-15-9-16-13/h1-7,9H,8H2,(H2,14,20,21). The molecule has 3 rings (SSSR count). The van der Waals surface area contributed by atoms with Crippen molar-refractivity contribution in [1.29, 1.82) is 0 Å². The van der Waals surface area contributed by atoms with Crippen LogP contribution in [0.15, 0.2) is 53.9 Å². The Morgan fingerprint density at radius 3 is 2.61 bits per heavy atom. The van der Waals surface area contributed by atoms with Gasteiger partial charge in [-0.25, -0.2) is 28.2 Å². The van der Waals surface area contributed by atoms with E-state index in [9.17, 15) is 8.42 Å². The van der Waals surface area contributed by atoms with E-state index in [4.69, 9.17) is 9.88 Å². The molecule has 0 aliphatic rings. The molecule has 0 amide bonds. The van der Waals surface area contributed by atoms with Gasteiger partial charge in [-0.1, -0.05) is 5.21 Å². The summed E-state index contributed by atoms with van der Waals surface area (Å²) in [7, 11) is -3.71. The Bertz CT molecular complexity index is 893. The van der Waals surface area contributed by atoms with E-state index in [2.05, 4.69) is 20.3 Å². The van der Waals surface area contributed by atoms with Crippen molar-refractivity contribution in [1.82, 2.24) is 25.0 Å². The summed E-state index contributed by atoms with van der Waals surface area (Å²) >= 11 is 0. The third kappa shape index (κ3) is 3.67. The van der Waals surface area contributed by atoms with Gasteiger partial charge in [0, 0.05) is 12.3 Å². The van der Waals surface area contributed by atoms with Crippen LogP contribution >= 0.6 is 0 Å². The van der Waals surface area contributed by atoms with E-state index < -0.39 is 10.0 Å². The second-order valence-corrected chi connectivity index (χ2v) is 6.09. The molecule has 0 bridgehead atoms. The van der Waals surface area contributed by atoms with Gasteiger partial charge >= 0.3 is 0 Å². The molecule has 3 aromatic rings. The van der Waals surface area contributed by atoms with Gasteiger partial charge in [-0.2, -0.15) is 0 Å². The topological polar surface area (TPSA) is 126 Å². The molecular formula is C13H12N6O3S. The molecule has 0 aliphatic carbocycles. The maximum atomic E-state index is 11.2. The fourth-order valence-electron chi connectivity index (χ4n) is 1.79. The highest BCUT2D eigenvalue weighted by atomic mass is 32.2. The Hall–Kier alpha value is -2.85. The monoisotopic (exact) mass is 332 g/mol. The van der Waals surface area contributed by atoms with Gasteiger partial charge in [-0.3, -0.25) is 0 Å². The SMILES string of the molecule is NS(=O)(=O)c1ccc(-n2cc(COc3ccncn3)nn2)cc1. The molecule has 0 aliphatic heterocycles. The van der Waals surface area contributed by atoms with Crippen LogP contribution in [0.1, 0.15) is 5.69 Å². The number of aromatic nitrogens is 5. The van der Waals surface area contributed by atoms with Crippen LogP contribution in [0.2, 0.25) is 0 Å². The summed E-state index contributed by atoms with van der Waals surface area (Å²) in [5.74, 6) is 0.437. The molecular weight excluding hydrogens is 320 g/mol. The highest BCUT2D eigenvalue weighted by Crippen LogP contribution is 2.12. The number of primary sulfonamides is 1. The normalized spacial score (nSPS) is 11.3. The first kappa shape index (κ1) is 15.1. The number of ether oxygens (including phenoxy) is 1. The van der Waals surface area contributed by atoms with Crippen LogP contribution in [-0.2, 0) is 16.6 Å². The lowest BCUT2D eigenvalue weighted by Crippen LogP contribution is -2.12. The number of rotatable bonds is 5. The van der Waals surface area contributed by atoms with Crippen LogP contribution in [0, 0.1) is 0 Å². The summed E-state index contributed by atoms with van der Waals surface area (Å²) in [6.07, 6.45) is 4.64. The van der Waals surface area contributed by atoms with Gasteiger partial charge in [0.15, 0.2) is 0 Å². The summed E-state index contributed by atoms with van der Waals surface area (Å²) in [5, 5.41) is 13.0. The molecule has 2 aromatic heterocycles. The fraction of sp³-hybridized carbons (Fsp3) is 0.0769. The molecule has 0 saturated carbocycles. The first-order chi connectivity index (χ1) is 11.0. The molecule has 2 N–H and O–H groups in total. The van der Waals surface area contributed by atoms with E-state index in [1.165, 1.54) is 23.1 Å². The van der Waals surface area contributed by atoms with Crippen LogP contribution in [-0.4, -0.2) is 33.4 Å². The van der Waals surface area contributed by atoms with Gasteiger partial charge in [0.05, 0.1) is 16.8 Å². The van der Waals surface area contributed by atoms with Gasteiger partial charge in [-0.05, 0) is 24.3 Å². The zero-order chi connectivity index (χ0) is 16.3. The van der Waals surface area contributed by atoms with E-state index in [1.807, 2.05) is 0 Å². The molecule has 10 heteroatoms. The second kappa shape index (κ2) is 6.10. The molecule has 0 saturated heterocycles. The van der Waals surface area contributed by atoms with Crippen LogP contribution in [0.5, 0.6) is 5.88 Å². The molecule has 0 spiro atoms. The van der Waals surface area contributed by atoms with Gasteiger partial charge in [0.1, 0.15) is 18.6 Å². The first-order valence-electron chi connectivity index (χ1n) is 6.46. The quantitative estimate of drug-likeness (QED) is 0.711. The smallest absolute Gasteiger partial charge is 0.238 e. The highest BCUT2D eigenvalue weighted by Gasteiger charge is 2.09. The van der Waals surface area contributed by atoms with E-state index in [0.29, 0.717) is 17.3 Å². The van der Waals surface area contributed by atoms with Crippen LogP contribution in [0.3, 0.4) is 0 Å². The molecule has 118 valence electrons. The summed E-state index contributed by atoms with van der Waals surface area (Å²) < 4.78 is 29.4. The Labute approximate surface area is 131 Å². The third-order valence-electron chi connectivity index (χ3n) is 2.89. The molecule has 2 heterocycles. The first-order valence-corrected chi connectivity index (χ1v) is 8.00. The summed E-state index contributed by atoms with van der Waals surface area (Å²) in [5.41, 5.74) is 1.25. The molecule has 0 unspecified atom stereocenters. The Morgan fingerprint density at radius 1 is 1.17 bits per heavy atom. The van der Waals surface area contributed by atoms with Gasteiger partial charge in [0.25, 0.3) is 0 Å². The minimum Gasteiger partial charge on any atom is -0.471 e. The number of hydrogen-bond donors (Lipinski definition) is 1. The van der Waals surface area contributed by atoms with Crippen LogP contribution in [0.25, 0.3) is 5.69 Å². The zero-order valence-electron chi connectivity index (χ0n) is 11.8. The fourth-order valence-corrected chi connectivity index (χ4v) is 2.31. The van der Waals surface area contributed by atoms with Crippen molar-refractivity contribution < 1.29 is 13.2 Å². The number of nitrogens with zero attached hydrogens (tertiary/aromatic N) is 5. The molecule has 1 aromatic carbocycles.